The minimum atomic E-state index is 0.857. The Hall–Kier alpha value is -1.77. The third-order valence-electron chi connectivity index (χ3n) is 2.97. The maximum absolute atomic E-state index is 5.35. The summed E-state index contributed by atoms with van der Waals surface area (Å²) in [7, 11) is 3.71. The van der Waals surface area contributed by atoms with Gasteiger partial charge in [-0.1, -0.05) is 12.1 Å². The minimum Gasteiger partial charge on any atom is -0.496 e. The molecule has 0 fully saturated rings. The zero-order valence-electron chi connectivity index (χ0n) is 10.1. The molecule has 0 radical (unpaired) electrons. The molecule has 1 aromatic carbocycles. The summed E-state index contributed by atoms with van der Waals surface area (Å²) in [5, 5.41) is 0. The summed E-state index contributed by atoms with van der Waals surface area (Å²) in [4.78, 5) is 4.57. The number of methoxy groups -OCH3 is 1. The van der Waals surface area contributed by atoms with Crippen LogP contribution in [0.4, 0.5) is 0 Å². The molecule has 84 valence electrons. The number of ether oxygens (including phenoxy) is 1. The van der Waals surface area contributed by atoms with Gasteiger partial charge >= 0.3 is 0 Å². The Bertz CT molecular complexity index is 515. The first-order chi connectivity index (χ1) is 7.65. The highest BCUT2D eigenvalue weighted by atomic mass is 16.5. The number of rotatable bonds is 2. The quantitative estimate of drug-likeness (QED) is 0.771. The van der Waals surface area contributed by atoms with E-state index in [0.29, 0.717) is 0 Å². The zero-order chi connectivity index (χ0) is 11.7. The van der Waals surface area contributed by atoms with Gasteiger partial charge in [0.25, 0.3) is 0 Å². The molecule has 0 unspecified atom stereocenters. The number of nitrogens with zero attached hydrogens (tertiary/aromatic N) is 2. The summed E-state index contributed by atoms with van der Waals surface area (Å²) in [5.41, 5.74) is 3.27. The molecule has 1 aromatic heterocycles. The molecule has 0 atom stereocenters. The topological polar surface area (TPSA) is 27.1 Å². The van der Waals surface area contributed by atoms with Crippen molar-refractivity contribution in [2.24, 2.45) is 7.05 Å². The van der Waals surface area contributed by atoms with Crippen molar-refractivity contribution >= 4 is 0 Å². The first kappa shape index (κ1) is 10.7. The summed E-state index contributed by atoms with van der Waals surface area (Å²) in [6.07, 6.45) is 0. The van der Waals surface area contributed by atoms with Crippen molar-refractivity contribution in [1.29, 1.82) is 0 Å². The van der Waals surface area contributed by atoms with Crippen LogP contribution >= 0.6 is 0 Å². The van der Waals surface area contributed by atoms with Gasteiger partial charge in [0.05, 0.1) is 18.4 Å². The molecule has 0 spiro atoms. The number of benzene rings is 1. The Morgan fingerprint density at radius 3 is 2.44 bits per heavy atom. The standard InChI is InChI=1S/C13H16N2O/c1-9-10(2)15(3)13(14-9)11-7-5-6-8-12(11)16-4/h5-8H,1-4H3. The molecule has 3 nitrogen and oxygen atoms in total. The molecule has 3 heteroatoms. The summed E-state index contributed by atoms with van der Waals surface area (Å²) >= 11 is 0. The van der Waals surface area contributed by atoms with E-state index in [-0.39, 0.29) is 0 Å². The van der Waals surface area contributed by atoms with Gasteiger partial charge in [-0.15, -0.1) is 0 Å². The lowest BCUT2D eigenvalue weighted by atomic mass is 10.2. The van der Waals surface area contributed by atoms with Gasteiger partial charge in [-0.2, -0.15) is 0 Å². The lowest BCUT2D eigenvalue weighted by molar-refractivity contribution is 0.416. The van der Waals surface area contributed by atoms with Crippen LogP contribution in [-0.2, 0) is 7.05 Å². The molecule has 0 aliphatic heterocycles. The highest BCUT2D eigenvalue weighted by Gasteiger charge is 2.13. The molecule has 0 saturated heterocycles. The Balaban J connectivity index is 2.63. The van der Waals surface area contributed by atoms with E-state index < -0.39 is 0 Å². The maximum atomic E-state index is 5.35. The van der Waals surface area contributed by atoms with Gasteiger partial charge < -0.3 is 9.30 Å². The van der Waals surface area contributed by atoms with E-state index in [0.717, 1.165) is 22.8 Å². The molecule has 0 N–H and O–H groups in total. The maximum Gasteiger partial charge on any atom is 0.143 e. The Labute approximate surface area is 95.7 Å². The van der Waals surface area contributed by atoms with E-state index in [1.54, 1.807) is 7.11 Å². The second kappa shape index (κ2) is 4.00. The van der Waals surface area contributed by atoms with Gasteiger partial charge in [-0.25, -0.2) is 4.98 Å². The molecule has 0 bridgehead atoms. The number of aryl methyl sites for hydroxylation is 1. The number of aromatic nitrogens is 2. The van der Waals surface area contributed by atoms with E-state index in [2.05, 4.69) is 16.5 Å². The largest absolute Gasteiger partial charge is 0.496 e. The second-order valence-corrected chi connectivity index (χ2v) is 3.87. The van der Waals surface area contributed by atoms with Crippen molar-refractivity contribution < 1.29 is 4.74 Å². The van der Waals surface area contributed by atoms with Gasteiger partial charge in [0.15, 0.2) is 0 Å². The van der Waals surface area contributed by atoms with Crippen LogP contribution in [0.3, 0.4) is 0 Å². The third-order valence-corrected chi connectivity index (χ3v) is 2.97. The van der Waals surface area contributed by atoms with Crippen molar-refractivity contribution in [1.82, 2.24) is 9.55 Å². The predicted octanol–water partition coefficient (Wildman–Crippen LogP) is 2.71. The SMILES string of the molecule is COc1ccccc1-c1nc(C)c(C)n1C. The van der Waals surface area contributed by atoms with E-state index in [1.807, 2.05) is 38.2 Å². The molecule has 0 aliphatic rings. The minimum absolute atomic E-state index is 0.857. The predicted molar refractivity (Wildman–Crippen MR) is 64.7 cm³/mol. The van der Waals surface area contributed by atoms with E-state index in [9.17, 15) is 0 Å². The summed E-state index contributed by atoms with van der Waals surface area (Å²) in [5.74, 6) is 1.81. The van der Waals surface area contributed by atoms with Crippen LogP contribution in [0.25, 0.3) is 11.4 Å². The van der Waals surface area contributed by atoms with Crippen molar-refractivity contribution in [3.05, 3.63) is 35.7 Å². The summed E-state index contributed by atoms with van der Waals surface area (Å²) < 4.78 is 7.44. The highest BCUT2D eigenvalue weighted by molar-refractivity contribution is 5.65. The normalized spacial score (nSPS) is 10.5. The smallest absolute Gasteiger partial charge is 0.143 e. The highest BCUT2D eigenvalue weighted by Crippen LogP contribution is 2.29. The molecule has 0 aliphatic carbocycles. The zero-order valence-corrected chi connectivity index (χ0v) is 10.1. The van der Waals surface area contributed by atoms with Crippen molar-refractivity contribution in [3.8, 4) is 17.1 Å². The fraction of sp³-hybridized carbons (Fsp3) is 0.308. The summed E-state index contributed by atoms with van der Waals surface area (Å²) in [6.45, 7) is 4.09. The lowest BCUT2D eigenvalue weighted by Crippen LogP contribution is -1.96. The fourth-order valence-electron chi connectivity index (χ4n) is 1.79. The van der Waals surface area contributed by atoms with Crippen LogP contribution < -0.4 is 4.74 Å². The fourth-order valence-corrected chi connectivity index (χ4v) is 1.79. The molecule has 2 rings (SSSR count). The van der Waals surface area contributed by atoms with Crippen LogP contribution in [0, 0.1) is 13.8 Å². The van der Waals surface area contributed by atoms with Crippen LogP contribution in [0.2, 0.25) is 0 Å². The lowest BCUT2D eigenvalue weighted by Gasteiger charge is -2.08. The first-order valence-corrected chi connectivity index (χ1v) is 5.28. The Morgan fingerprint density at radius 1 is 1.19 bits per heavy atom. The van der Waals surface area contributed by atoms with Gasteiger partial charge in [0.2, 0.25) is 0 Å². The number of hydrogen-bond donors (Lipinski definition) is 0. The van der Waals surface area contributed by atoms with Crippen molar-refractivity contribution in [2.75, 3.05) is 7.11 Å². The van der Waals surface area contributed by atoms with Gasteiger partial charge in [-0.05, 0) is 26.0 Å². The monoisotopic (exact) mass is 216 g/mol. The molecule has 0 saturated carbocycles. The van der Waals surface area contributed by atoms with Crippen LogP contribution in [0.15, 0.2) is 24.3 Å². The van der Waals surface area contributed by atoms with E-state index in [4.69, 9.17) is 4.74 Å². The third kappa shape index (κ3) is 1.58. The summed E-state index contributed by atoms with van der Waals surface area (Å²) in [6, 6.07) is 7.94. The van der Waals surface area contributed by atoms with Crippen LogP contribution in [0.5, 0.6) is 5.75 Å². The number of para-hydroxylation sites is 1. The van der Waals surface area contributed by atoms with Gasteiger partial charge in [0.1, 0.15) is 11.6 Å². The molecular weight excluding hydrogens is 200 g/mol. The second-order valence-electron chi connectivity index (χ2n) is 3.87. The van der Waals surface area contributed by atoms with E-state index >= 15 is 0 Å². The van der Waals surface area contributed by atoms with Crippen molar-refractivity contribution in [2.45, 2.75) is 13.8 Å². The Kier molecular flexibility index (Phi) is 2.69. The van der Waals surface area contributed by atoms with Crippen LogP contribution in [-0.4, -0.2) is 16.7 Å². The average Bonchev–Trinajstić information content (AvgIpc) is 2.57. The first-order valence-electron chi connectivity index (χ1n) is 5.28. The molecule has 2 aromatic rings. The number of hydrogen-bond acceptors (Lipinski definition) is 2. The molecule has 16 heavy (non-hydrogen) atoms. The molecule has 0 amide bonds. The Morgan fingerprint density at radius 2 is 1.88 bits per heavy atom. The van der Waals surface area contributed by atoms with Crippen molar-refractivity contribution in [3.63, 3.8) is 0 Å². The van der Waals surface area contributed by atoms with Gasteiger partial charge in [-0.3, -0.25) is 0 Å². The molecular formula is C13H16N2O. The number of imidazole rings is 1. The van der Waals surface area contributed by atoms with E-state index in [1.165, 1.54) is 5.69 Å². The van der Waals surface area contributed by atoms with Gasteiger partial charge in [0, 0.05) is 12.7 Å². The molecule has 1 heterocycles. The average molecular weight is 216 g/mol. The van der Waals surface area contributed by atoms with Crippen LogP contribution in [0.1, 0.15) is 11.4 Å².